The molecule has 4 heteroatoms. The highest BCUT2D eigenvalue weighted by molar-refractivity contribution is 6.35. The monoisotopic (exact) mass is 280 g/mol. The molecule has 0 saturated heterocycles. The summed E-state index contributed by atoms with van der Waals surface area (Å²) in [6.07, 6.45) is 4.39. The molecule has 0 spiro atoms. The Morgan fingerprint density at radius 2 is 1.75 bits per heavy atom. The summed E-state index contributed by atoms with van der Waals surface area (Å²) in [5.41, 5.74) is 0. The molecule has 0 aliphatic heterocycles. The number of hydrogen-bond donors (Lipinski definition) is 0. The van der Waals surface area contributed by atoms with Crippen LogP contribution in [0, 0.1) is 0 Å². The normalized spacial score (nSPS) is 10.4. The Balaban J connectivity index is 2.21. The van der Waals surface area contributed by atoms with Gasteiger partial charge in [-0.15, -0.1) is 11.6 Å². The number of benzene rings is 1. The van der Waals surface area contributed by atoms with Gasteiger partial charge in [-0.3, -0.25) is 0 Å². The third-order valence-corrected chi connectivity index (χ3v) is 2.98. The highest BCUT2D eigenvalue weighted by Gasteiger charge is 2.01. The summed E-state index contributed by atoms with van der Waals surface area (Å²) < 4.78 is 5.55. The van der Waals surface area contributed by atoms with E-state index in [2.05, 4.69) is 0 Å². The molecule has 0 bridgehead atoms. The minimum atomic E-state index is 0.563. The van der Waals surface area contributed by atoms with Gasteiger partial charge in [-0.2, -0.15) is 0 Å². The van der Waals surface area contributed by atoms with Crippen LogP contribution in [0.15, 0.2) is 18.2 Å². The van der Waals surface area contributed by atoms with Gasteiger partial charge in [0.15, 0.2) is 0 Å². The van der Waals surface area contributed by atoms with Gasteiger partial charge in [0.25, 0.3) is 0 Å². The van der Waals surface area contributed by atoms with Gasteiger partial charge in [0.1, 0.15) is 5.75 Å². The molecule has 0 saturated carbocycles. The Morgan fingerprint density at radius 1 is 1.00 bits per heavy atom. The van der Waals surface area contributed by atoms with E-state index >= 15 is 0 Å². The lowest BCUT2D eigenvalue weighted by atomic mass is 10.2. The quantitative estimate of drug-likeness (QED) is 0.495. The van der Waals surface area contributed by atoms with Crippen molar-refractivity contribution >= 4 is 34.8 Å². The SMILES string of the molecule is ClCCCCCCOc1ccc(Cl)cc1Cl. The Bertz CT molecular complexity index is 315. The molecule has 1 aromatic rings. The van der Waals surface area contributed by atoms with Gasteiger partial charge in [-0.05, 0) is 31.0 Å². The van der Waals surface area contributed by atoms with Crippen LogP contribution >= 0.6 is 34.8 Å². The van der Waals surface area contributed by atoms with Crippen molar-refractivity contribution in [3.63, 3.8) is 0 Å². The molecule has 0 N–H and O–H groups in total. The predicted molar refractivity (Wildman–Crippen MR) is 71.1 cm³/mol. The third kappa shape index (κ3) is 5.29. The van der Waals surface area contributed by atoms with E-state index in [1.54, 1.807) is 18.2 Å². The fourth-order valence-corrected chi connectivity index (χ4v) is 1.98. The average Bonchev–Trinajstić information content (AvgIpc) is 2.26. The molecule has 1 rings (SSSR count). The van der Waals surface area contributed by atoms with E-state index in [1.807, 2.05) is 0 Å². The first-order valence-corrected chi connectivity index (χ1v) is 6.67. The van der Waals surface area contributed by atoms with Crippen molar-refractivity contribution in [3.05, 3.63) is 28.2 Å². The maximum absolute atomic E-state index is 5.97. The lowest BCUT2D eigenvalue weighted by molar-refractivity contribution is 0.305. The largest absolute Gasteiger partial charge is 0.492 e. The van der Waals surface area contributed by atoms with Crippen molar-refractivity contribution in [1.29, 1.82) is 0 Å². The molecule has 0 aromatic heterocycles. The lowest BCUT2D eigenvalue weighted by Gasteiger charge is -2.07. The van der Waals surface area contributed by atoms with Gasteiger partial charge >= 0.3 is 0 Å². The molecule has 0 amide bonds. The summed E-state index contributed by atoms with van der Waals surface area (Å²) in [4.78, 5) is 0. The molecule has 0 radical (unpaired) electrons. The van der Waals surface area contributed by atoms with Crippen molar-refractivity contribution in [1.82, 2.24) is 0 Å². The smallest absolute Gasteiger partial charge is 0.137 e. The lowest BCUT2D eigenvalue weighted by Crippen LogP contribution is -1.97. The van der Waals surface area contributed by atoms with E-state index in [9.17, 15) is 0 Å². The molecule has 1 aromatic carbocycles. The second-order valence-electron chi connectivity index (χ2n) is 3.53. The summed E-state index contributed by atoms with van der Waals surface area (Å²) in [5.74, 6) is 1.44. The molecule has 0 aliphatic rings. The van der Waals surface area contributed by atoms with Gasteiger partial charge in [0.05, 0.1) is 11.6 Å². The second-order valence-corrected chi connectivity index (χ2v) is 4.75. The van der Waals surface area contributed by atoms with Crippen LogP contribution in [0.5, 0.6) is 5.75 Å². The fraction of sp³-hybridized carbons (Fsp3) is 0.500. The highest BCUT2D eigenvalue weighted by Crippen LogP contribution is 2.27. The predicted octanol–water partition coefficient (Wildman–Crippen LogP) is 5.17. The van der Waals surface area contributed by atoms with Crippen LogP contribution in [-0.4, -0.2) is 12.5 Å². The molecule has 0 atom stereocenters. The Morgan fingerprint density at radius 3 is 2.44 bits per heavy atom. The van der Waals surface area contributed by atoms with Crippen molar-refractivity contribution in [2.45, 2.75) is 25.7 Å². The molecule has 90 valence electrons. The molecule has 1 nitrogen and oxygen atoms in total. The van der Waals surface area contributed by atoms with Crippen LogP contribution in [0.2, 0.25) is 10.0 Å². The Labute approximate surface area is 112 Å². The molecule has 0 fully saturated rings. The minimum absolute atomic E-state index is 0.563. The van der Waals surface area contributed by atoms with Gasteiger partial charge < -0.3 is 4.74 Å². The van der Waals surface area contributed by atoms with Gasteiger partial charge in [-0.1, -0.05) is 36.0 Å². The fourth-order valence-electron chi connectivity index (χ4n) is 1.32. The first-order chi connectivity index (χ1) is 7.74. The average molecular weight is 282 g/mol. The van der Waals surface area contributed by atoms with Crippen LogP contribution < -0.4 is 4.74 Å². The molecule has 0 unspecified atom stereocenters. The maximum Gasteiger partial charge on any atom is 0.137 e. The number of unbranched alkanes of at least 4 members (excludes halogenated alkanes) is 3. The van der Waals surface area contributed by atoms with Crippen LogP contribution in [0.25, 0.3) is 0 Å². The molecule has 0 aliphatic carbocycles. The van der Waals surface area contributed by atoms with Gasteiger partial charge in [-0.25, -0.2) is 0 Å². The number of alkyl halides is 1. The summed E-state index contributed by atoms with van der Waals surface area (Å²) in [6, 6.07) is 5.26. The van der Waals surface area contributed by atoms with Gasteiger partial charge in [0.2, 0.25) is 0 Å². The third-order valence-electron chi connectivity index (χ3n) is 2.18. The standard InChI is InChI=1S/C12H15Cl3O/c13-7-3-1-2-4-8-16-12-6-5-10(14)9-11(12)15/h5-6,9H,1-4,7-8H2. The minimum Gasteiger partial charge on any atom is -0.492 e. The van der Waals surface area contributed by atoms with Gasteiger partial charge in [0, 0.05) is 10.9 Å². The van der Waals surface area contributed by atoms with Crippen LogP contribution in [0.4, 0.5) is 0 Å². The first-order valence-electron chi connectivity index (χ1n) is 5.38. The summed E-state index contributed by atoms with van der Waals surface area (Å²) in [7, 11) is 0. The second kappa shape index (κ2) is 8.05. The van der Waals surface area contributed by atoms with Crippen LogP contribution in [-0.2, 0) is 0 Å². The maximum atomic E-state index is 5.97. The summed E-state index contributed by atoms with van der Waals surface area (Å²) in [5, 5.41) is 1.19. The van der Waals surface area contributed by atoms with E-state index in [-0.39, 0.29) is 0 Å². The molecule has 0 heterocycles. The van der Waals surface area contributed by atoms with E-state index in [0.29, 0.717) is 22.4 Å². The summed E-state index contributed by atoms with van der Waals surface area (Å²) >= 11 is 17.3. The zero-order valence-electron chi connectivity index (χ0n) is 9.02. The molecule has 16 heavy (non-hydrogen) atoms. The zero-order valence-corrected chi connectivity index (χ0v) is 11.3. The van der Waals surface area contributed by atoms with Crippen LogP contribution in [0.1, 0.15) is 25.7 Å². The number of hydrogen-bond acceptors (Lipinski definition) is 1. The Hall–Kier alpha value is -0.110. The Kier molecular flexibility index (Phi) is 7.02. The summed E-state index contributed by atoms with van der Waals surface area (Å²) in [6.45, 7) is 0.684. The van der Waals surface area contributed by atoms with Crippen LogP contribution in [0.3, 0.4) is 0 Å². The highest BCUT2D eigenvalue weighted by atomic mass is 35.5. The molecular formula is C12H15Cl3O. The van der Waals surface area contributed by atoms with E-state index in [0.717, 1.165) is 31.6 Å². The number of halogens is 3. The van der Waals surface area contributed by atoms with E-state index in [1.165, 1.54) is 0 Å². The number of ether oxygens (including phenoxy) is 1. The zero-order chi connectivity index (χ0) is 11.8. The topological polar surface area (TPSA) is 9.23 Å². The van der Waals surface area contributed by atoms with Crippen molar-refractivity contribution in [2.24, 2.45) is 0 Å². The van der Waals surface area contributed by atoms with E-state index in [4.69, 9.17) is 39.5 Å². The first kappa shape index (κ1) is 14.0. The van der Waals surface area contributed by atoms with Crippen molar-refractivity contribution in [2.75, 3.05) is 12.5 Å². The number of rotatable bonds is 7. The van der Waals surface area contributed by atoms with Crippen molar-refractivity contribution in [3.8, 4) is 5.75 Å². The van der Waals surface area contributed by atoms with Crippen molar-refractivity contribution < 1.29 is 4.74 Å². The molecular weight excluding hydrogens is 266 g/mol. The van der Waals surface area contributed by atoms with E-state index < -0.39 is 0 Å².